The summed E-state index contributed by atoms with van der Waals surface area (Å²) in [7, 11) is 0. The Balaban J connectivity index is 2.28. The topological polar surface area (TPSA) is 46.3 Å². The van der Waals surface area contributed by atoms with Gasteiger partial charge >= 0.3 is 0 Å². The van der Waals surface area contributed by atoms with Crippen molar-refractivity contribution in [1.82, 2.24) is 5.16 Å². The second-order valence-electron chi connectivity index (χ2n) is 3.15. The number of aliphatic hydroxyl groups excluding tert-OH is 1. The summed E-state index contributed by atoms with van der Waals surface area (Å²) in [6.45, 7) is 0. The molecule has 0 bridgehead atoms. The maximum atomic E-state index is 9.52. The van der Waals surface area contributed by atoms with E-state index in [4.69, 9.17) is 4.52 Å². The molecular formula is C11H10BrNO2. The summed E-state index contributed by atoms with van der Waals surface area (Å²) in [6, 6.07) is 11.4. The lowest BCUT2D eigenvalue weighted by Crippen LogP contribution is -1.97. The van der Waals surface area contributed by atoms with E-state index in [2.05, 4.69) is 21.1 Å². The van der Waals surface area contributed by atoms with E-state index in [-0.39, 0.29) is 0 Å². The maximum absolute atomic E-state index is 9.52. The molecule has 0 aliphatic heterocycles. The Kier molecular flexibility index (Phi) is 3.18. The van der Waals surface area contributed by atoms with Gasteiger partial charge in [0.05, 0.1) is 0 Å². The number of nitrogens with zero attached hydrogens (tertiary/aromatic N) is 1. The van der Waals surface area contributed by atoms with Crippen LogP contribution in [0.4, 0.5) is 0 Å². The van der Waals surface area contributed by atoms with Crippen molar-refractivity contribution in [2.75, 3.05) is 5.33 Å². The lowest BCUT2D eigenvalue weighted by atomic mass is 10.1. The summed E-state index contributed by atoms with van der Waals surface area (Å²) in [5.74, 6) is 0.672. The molecule has 78 valence electrons. The average Bonchev–Trinajstić information content (AvgIpc) is 2.78. The first kappa shape index (κ1) is 10.4. The molecule has 0 aliphatic rings. The van der Waals surface area contributed by atoms with Crippen LogP contribution in [0.3, 0.4) is 0 Å². The molecule has 0 spiro atoms. The Bertz CT molecular complexity index is 427. The number of alkyl halides is 1. The highest BCUT2D eigenvalue weighted by molar-refractivity contribution is 9.09. The van der Waals surface area contributed by atoms with Gasteiger partial charge < -0.3 is 9.63 Å². The molecule has 1 N–H and O–H groups in total. The second kappa shape index (κ2) is 4.59. The van der Waals surface area contributed by atoms with Gasteiger partial charge in [-0.1, -0.05) is 51.4 Å². The van der Waals surface area contributed by atoms with E-state index in [1.807, 2.05) is 30.3 Å². The van der Waals surface area contributed by atoms with Crippen LogP contribution in [0.15, 0.2) is 40.9 Å². The van der Waals surface area contributed by atoms with E-state index < -0.39 is 6.10 Å². The quantitative estimate of drug-likeness (QED) is 0.870. The molecule has 2 aromatic rings. The summed E-state index contributed by atoms with van der Waals surface area (Å²) < 4.78 is 5.14. The predicted octanol–water partition coefficient (Wildman–Crippen LogP) is 2.77. The molecule has 1 aromatic carbocycles. The molecule has 1 unspecified atom stereocenters. The van der Waals surface area contributed by atoms with E-state index in [0.29, 0.717) is 16.8 Å². The van der Waals surface area contributed by atoms with Crippen LogP contribution in [0.25, 0.3) is 11.3 Å². The van der Waals surface area contributed by atoms with Gasteiger partial charge in [0, 0.05) is 17.0 Å². The molecule has 2 rings (SSSR count). The monoisotopic (exact) mass is 267 g/mol. The van der Waals surface area contributed by atoms with E-state index in [1.54, 1.807) is 6.07 Å². The molecule has 1 aromatic heterocycles. The molecule has 0 saturated carbocycles. The Labute approximate surface area is 95.8 Å². The molecule has 0 amide bonds. The third-order valence-electron chi connectivity index (χ3n) is 2.07. The van der Waals surface area contributed by atoms with Crippen LogP contribution in [0.2, 0.25) is 0 Å². The summed E-state index contributed by atoms with van der Waals surface area (Å²) in [5, 5.41) is 13.8. The summed E-state index contributed by atoms with van der Waals surface area (Å²) >= 11 is 3.19. The van der Waals surface area contributed by atoms with E-state index >= 15 is 0 Å². The number of benzene rings is 1. The summed E-state index contributed by atoms with van der Waals surface area (Å²) in [5.41, 5.74) is 1.50. The van der Waals surface area contributed by atoms with Crippen LogP contribution in [0, 0.1) is 0 Å². The lowest BCUT2D eigenvalue weighted by Gasteiger charge is -1.98. The number of rotatable bonds is 3. The van der Waals surface area contributed by atoms with Crippen LogP contribution in [-0.2, 0) is 0 Å². The van der Waals surface area contributed by atoms with Gasteiger partial charge in [0.1, 0.15) is 11.8 Å². The van der Waals surface area contributed by atoms with Crippen LogP contribution in [0.5, 0.6) is 0 Å². The van der Waals surface area contributed by atoms with Gasteiger partial charge in [0.2, 0.25) is 0 Å². The van der Waals surface area contributed by atoms with Crippen molar-refractivity contribution in [1.29, 1.82) is 0 Å². The first-order chi connectivity index (χ1) is 7.31. The van der Waals surface area contributed by atoms with Gasteiger partial charge in [-0.05, 0) is 0 Å². The molecule has 0 fully saturated rings. The van der Waals surface area contributed by atoms with Crippen molar-refractivity contribution in [3.05, 3.63) is 42.1 Å². The van der Waals surface area contributed by atoms with Gasteiger partial charge in [0.25, 0.3) is 0 Å². The molecule has 0 aliphatic carbocycles. The van der Waals surface area contributed by atoms with Crippen molar-refractivity contribution in [3.63, 3.8) is 0 Å². The zero-order valence-corrected chi connectivity index (χ0v) is 9.52. The van der Waals surface area contributed by atoms with Crippen molar-refractivity contribution >= 4 is 15.9 Å². The van der Waals surface area contributed by atoms with Crippen molar-refractivity contribution in [2.24, 2.45) is 0 Å². The van der Waals surface area contributed by atoms with E-state index in [0.717, 1.165) is 5.56 Å². The van der Waals surface area contributed by atoms with Crippen molar-refractivity contribution in [2.45, 2.75) is 6.10 Å². The van der Waals surface area contributed by atoms with Gasteiger partial charge in [-0.15, -0.1) is 0 Å². The third kappa shape index (κ3) is 2.27. The molecule has 0 saturated heterocycles. The van der Waals surface area contributed by atoms with Crippen LogP contribution in [-0.4, -0.2) is 15.6 Å². The first-order valence-corrected chi connectivity index (χ1v) is 5.69. The van der Waals surface area contributed by atoms with E-state index in [1.165, 1.54) is 0 Å². The fourth-order valence-electron chi connectivity index (χ4n) is 1.26. The molecule has 1 heterocycles. The average molecular weight is 268 g/mol. The minimum Gasteiger partial charge on any atom is -0.386 e. The fraction of sp³-hybridized carbons (Fsp3) is 0.182. The largest absolute Gasteiger partial charge is 0.386 e. The highest BCUT2D eigenvalue weighted by atomic mass is 79.9. The van der Waals surface area contributed by atoms with Gasteiger partial charge in [-0.3, -0.25) is 0 Å². The summed E-state index contributed by atoms with van der Waals surface area (Å²) in [6.07, 6.45) is -0.619. The van der Waals surface area contributed by atoms with E-state index in [9.17, 15) is 5.11 Å². The molecular weight excluding hydrogens is 258 g/mol. The number of aromatic nitrogens is 1. The standard InChI is InChI=1S/C11H10BrNO2/c12-7-10(14)9-6-11(15-13-9)8-4-2-1-3-5-8/h1-6,10,14H,7H2. The minimum absolute atomic E-state index is 0.452. The van der Waals surface area contributed by atoms with Gasteiger partial charge in [0.15, 0.2) is 5.76 Å². The SMILES string of the molecule is OC(CBr)c1cc(-c2ccccc2)on1. The molecule has 1 atom stereocenters. The maximum Gasteiger partial charge on any atom is 0.167 e. The Morgan fingerprint density at radius 1 is 1.33 bits per heavy atom. The fourth-order valence-corrected chi connectivity index (χ4v) is 1.60. The van der Waals surface area contributed by atoms with Crippen LogP contribution in [0.1, 0.15) is 11.8 Å². The minimum atomic E-state index is -0.619. The zero-order valence-electron chi connectivity index (χ0n) is 7.93. The predicted molar refractivity (Wildman–Crippen MR) is 60.7 cm³/mol. The number of hydrogen-bond acceptors (Lipinski definition) is 3. The lowest BCUT2D eigenvalue weighted by molar-refractivity contribution is 0.194. The second-order valence-corrected chi connectivity index (χ2v) is 3.80. The molecule has 4 heteroatoms. The number of aliphatic hydroxyl groups is 1. The van der Waals surface area contributed by atoms with Gasteiger partial charge in [-0.25, -0.2) is 0 Å². The normalized spacial score (nSPS) is 12.7. The molecule has 3 nitrogen and oxygen atoms in total. The highest BCUT2D eigenvalue weighted by Gasteiger charge is 2.12. The van der Waals surface area contributed by atoms with Gasteiger partial charge in [-0.2, -0.15) is 0 Å². The van der Waals surface area contributed by atoms with Crippen LogP contribution >= 0.6 is 15.9 Å². The highest BCUT2D eigenvalue weighted by Crippen LogP contribution is 2.23. The zero-order chi connectivity index (χ0) is 10.7. The third-order valence-corrected chi connectivity index (χ3v) is 2.69. The molecule has 15 heavy (non-hydrogen) atoms. The first-order valence-electron chi connectivity index (χ1n) is 4.57. The Morgan fingerprint density at radius 2 is 2.07 bits per heavy atom. The van der Waals surface area contributed by atoms with Crippen molar-refractivity contribution in [3.8, 4) is 11.3 Å². The Morgan fingerprint density at radius 3 is 2.73 bits per heavy atom. The smallest absolute Gasteiger partial charge is 0.167 e. The molecule has 0 radical (unpaired) electrons. The van der Waals surface area contributed by atoms with Crippen LogP contribution < -0.4 is 0 Å². The number of hydrogen-bond donors (Lipinski definition) is 1. The van der Waals surface area contributed by atoms with Crippen molar-refractivity contribution < 1.29 is 9.63 Å². The number of halogens is 1. The Hall–Kier alpha value is -1.13. The summed E-state index contributed by atoms with van der Waals surface area (Å²) in [4.78, 5) is 0.